The fourth-order valence-corrected chi connectivity index (χ4v) is 2.39. The summed E-state index contributed by atoms with van der Waals surface area (Å²) in [5, 5.41) is 10.2. The van der Waals surface area contributed by atoms with Crippen LogP contribution in [0.4, 0.5) is 5.69 Å². The number of aliphatic carboxylic acids is 1. The molecule has 0 fully saturated rings. The lowest BCUT2D eigenvalue weighted by Crippen LogP contribution is -2.29. The molecule has 0 aliphatic rings. The molecule has 0 bridgehead atoms. The molecule has 0 saturated heterocycles. The predicted molar refractivity (Wildman–Crippen MR) is 81.2 cm³/mol. The summed E-state index contributed by atoms with van der Waals surface area (Å²) in [6.07, 6.45) is 3.56. The van der Waals surface area contributed by atoms with Crippen LogP contribution in [0.15, 0.2) is 54.9 Å². The number of carboxylic acid groups (broad SMARTS) is 1. The highest BCUT2D eigenvalue weighted by Crippen LogP contribution is 2.27. The Bertz CT molecular complexity index is 752. The molecule has 0 aliphatic carbocycles. The summed E-state index contributed by atoms with van der Waals surface area (Å²) in [4.78, 5) is 20.4. The van der Waals surface area contributed by atoms with Crippen LogP contribution in [0, 0.1) is 0 Å². The van der Waals surface area contributed by atoms with E-state index in [9.17, 15) is 4.79 Å². The summed E-state index contributed by atoms with van der Waals surface area (Å²) in [5.74, 6) is -0.865. The van der Waals surface area contributed by atoms with Gasteiger partial charge in [0.15, 0.2) is 0 Å². The zero-order chi connectivity index (χ0) is 14.7. The number of pyridine rings is 1. The molecule has 21 heavy (non-hydrogen) atoms. The number of aromatic amines is 1. The van der Waals surface area contributed by atoms with Crippen LogP contribution in [0.2, 0.25) is 0 Å². The zero-order valence-electron chi connectivity index (χ0n) is 11.4. The Balaban J connectivity index is 1.97. The van der Waals surface area contributed by atoms with E-state index in [1.54, 1.807) is 6.20 Å². The number of anilines is 1. The van der Waals surface area contributed by atoms with Crippen molar-refractivity contribution in [2.75, 3.05) is 11.4 Å². The van der Waals surface area contributed by atoms with Crippen LogP contribution < -0.4 is 4.90 Å². The van der Waals surface area contributed by atoms with Crippen molar-refractivity contribution in [3.63, 3.8) is 0 Å². The maximum absolute atomic E-state index is 11.2. The highest BCUT2D eigenvalue weighted by molar-refractivity contribution is 5.94. The number of aromatic nitrogens is 2. The molecule has 0 atom stereocenters. The molecule has 0 unspecified atom stereocenters. The second-order valence-electron chi connectivity index (χ2n) is 4.79. The van der Waals surface area contributed by atoms with Gasteiger partial charge in [0, 0.05) is 23.3 Å². The lowest BCUT2D eigenvalue weighted by molar-refractivity contribution is -0.135. The molecule has 2 aromatic heterocycles. The van der Waals surface area contributed by atoms with E-state index in [1.807, 2.05) is 53.6 Å². The number of hydrogen-bond acceptors (Lipinski definition) is 3. The number of rotatable bonds is 5. The zero-order valence-corrected chi connectivity index (χ0v) is 11.4. The van der Waals surface area contributed by atoms with E-state index in [2.05, 4.69) is 9.97 Å². The number of benzene rings is 1. The Morgan fingerprint density at radius 1 is 1.19 bits per heavy atom. The van der Waals surface area contributed by atoms with Crippen molar-refractivity contribution in [1.29, 1.82) is 0 Å². The summed E-state index contributed by atoms with van der Waals surface area (Å²) >= 11 is 0. The Hall–Kier alpha value is -2.82. The summed E-state index contributed by atoms with van der Waals surface area (Å²) in [7, 11) is 0. The Morgan fingerprint density at radius 2 is 2.00 bits per heavy atom. The first-order valence-electron chi connectivity index (χ1n) is 6.67. The van der Waals surface area contributed by atoms with Crippen LogP contribution in [0.1, 0.15) is 5.69 Å². The topological polar surface area (TPSA) is 69.2 Å². The third-order valence-corrected chi connectivity index (χ3v) is 3.31. The quantitative estimate of drug-likeness (QED) is 0.754. The molecule has 3 rings (SSSR count). The number of nitrogens with one attached hydrogen (secondary N) is 1. The Labute approximate surface area is 121 Å². The molecule has 0 spiro atoms. The van der Waals surface area contributed by atoms with E-state index in [0.29, 0.717) is 6.54 Å². The van der Waals surface area contributed by atoms with Crippen molar-refractivity contribution < 1.29 is 9.90 Å². The summed E-state index contributed by atoms with van der Waals surface area (Å²) in [5.41, 5.74) is 2.70. The number of fused-ring (bicyclic) bond motifs is 1. The van der Waals surface area contributed by atoms with Gasteiger partial charge in [-0.15, -0.1) is 0 Å². The van der Waals surface area contributed by atoms with Gasteiger partial charge in [0.05, 0.1) is 17.9 Å². The van der Waals surface area contributed by atoms with Gasteiger partial charge in [0.2, 0.25) is 0 Å². The molecule has 0 radical (unpaired) electrons. The Kier molecular flexibility index (Phi) is 3.55. The van der Waals surface area contributed by atoms with Crippen LogP contribution >= 0.6 is 0 Å². The predicted octanol–water partition coefficient (Wildman–Crippen LogP) is 2.65. The van der Waals surface area contributed by atoms with Crippen LogP contribution in [-0.4, -0.2) is 27.6 Å². The van der Waals surface area contributed by atoms with E-state index in [-0.39, 0.29) is 6.54 Å². The first-order chi connectivity index (χ1) is 10.2. The van der Waals surface area contributed by atoms with Gasteiger partial charge in [-0.2, -0.15) is 0 Å². The standard InChI is InChI=1S/C16H15N3O2/c20-16(21)11-19(10-12-5-3-4-8-17-12)15-9-18-14-7-2-1-6-13(14)15/h1-9,18H,10-11H2,(H,20,21). The van der Waals surface area contributed by atoms with Gasteiger partial charge in [-0.25, -0.2) is 0 Å². The average molecular weight is 281 g/mol. The number of carbonyl (C=O) groups is 1. The highest BCUT2D eigenvalue weighted by Gasteiger charge is 2.15. The molecule has 106 valence electrons. The lowest BCUT2D eigenvalue weighted by Gasteiger charge is -2.21. The van der Waals surface area contributed by atoms with Gasteiger partial charge in [0.1, 0.15) is 6.54 Å². The highest BCUT2D eigenvalue weighted by atomic mass is 16.4. The van der Waals surface area contributed by atoms with Crippen molar-refractivity contribution in [2.24, 2.45) is 0 Å². The molecule has 0 saturated carbocycles. The van der Waals surface area contributed by atoms with E-state index in [1.165, 1.54) is 0 Å². The minimum Gasteiger partial charge on any atom is -0.480 e. The normalized spacial score (nSPS) is 10.7. The number of para-hydroxylation sites is 1. The first-order valence-corrected chi connectivity index (χ1v) is 6.67. The molecular formula is C16H15N3O2. The van der Waals surface area contributed by atoms with E-state index < -0.39 is 5.97 Å². The molecule has 0 aliphatic heterocycles. The van der Waals surface area contributed by atoms with Crippen LogP contribution in [0.3, 0.4) is 0 Å². The summed E-state index contributed by atoms with van der Waals surface area (Å²) < 4.78 is 0. The number of hydrogen-bond donors (Lipinski definition) is 2. The largest absolute Gasteiger partial charge is 0.480 e. The first kappa shape index (κ1) is 13.2. The van der Waals surface area contributed by atoms with Crippen LogP contribution in [0.5, 0.6) is 0 Å². The van der Waals surface area contributed by atoms with Crippen molar-refractivity contribution in [3.05, 3.63) is 60.6 Å². The number of nitrogens with zero attached hydrogens (tertiary/aromatic N) is 2. The SMILES string of the molecule is O=C(O)CN(Cc1ccccn1)c1c[nH]c2ccccc12. The molecule has 5 heteroatoms. The fourth-order valence-electron chi connectivity index (χ4n) is 2.39. The van der Waals surface area contributed by atoms with Crippen LogP contribution in [-0.2, 0) is 11.3 Å². The third-order valence-electron chi connectivity index (χ3n) is 3.31. The van der Waals surface area contributed by atoms with Crippen molar-refractivity contribution >= 4 is 22.6 Å². The number of carboxylic acids is 1. The molecule has 5 nitrogen and oxygen atoms in total. The van der Waals surface area contributed by atoms with Gasteiger partial charge >= 0.3 is 5.97 Å². The van der Waals surface area contributed by atoms with E-state index >= 15 is 0 Å². The molecular weight excluding hydrogens is 266 g/mol. The molecule has 3 aromatic rings. The van der Waals surface area contributed by atoms with E-state index in [4.69, 9.17) is 5.11 Å². The second kappa shape index (κ2) is 5.66. The van der Waals surface area contributed by atoms with Gasteiger partial charge in [-0.3, -0.25) is 9.78 Å². The summed E-state index contributed by atoms with van der Waals surface area (Å²) in [6, 6.07) is 13.5. The lowest BCUT2D eigenvalue weighted by atomic mass is 10.2. The van der Waals surface area contributed by atoms with Crippen molar-refractivity contribution in [1.82, 2.24) is 9.97 Å². The number of H-pyrrole nitrogens is 1. The fraction of sp³-hybridized carbons (Fsp3) is 0.125. The van der Waals surface area contributed by atoms with Gasteiger partial charge < -0.3 is 15.0 Å². The van der Waals surface area contributed by atoms with E-state index in [0.717, 1.165) is 22.3 Å². The second-order valence-corrected chi connectivity index (χ2v) is 4.79. The van der Waals surface area contributed by atoms with Gasteiger partial charge in [0.25, 0.3) is 0 Å². The molecule has 1 aromatic carbocycles. The summed E-state index contributed by atoms with van der Waals surface area (Å²) in [6.45, 7) is 0.382. The Morgan fingerprint density at radius 3 is 2.76 bits per heavy atom. The van der Waals surface area contributed by atoms with Crippen molar-refractivity contribution in [2.45, 2.75) is 6.54 Å². The molecule has 2 heterocycles. The minimum atomic E-state index is -0.865. The minimum absolute atomic E-state index is 0.0710. The maximum Gasteiger partial charge on any atom is 0.323 e. The smallest absolute Gasteiger partial charge is 0.323 e. The van der Waals surface area contributed by atoms with Crippen molar-refractivity contribution in [3.8, 4) is 0 Å². The maximum atomic E-state index is 11.2. The van der Waals surface area contributed by atoms with Gasteiger partial charge in [-0.1, -0.05) is 24.3 Å². The third kappa shape index (κ3) is 2.86. The average Bonchev–Trinajstić information content (AvgIpc) is 2.91. The molecule has 2 N–H and O–H groups in total. The monoisotopic (exact) mass is 281 g/mol. The molecule has 0 amide bonds. The van der Waals surface area contributed by atoms with Crippen LogP contribution in [0.25, 0.3) is 10.9 Å². The van der Waals surface area contributed by atoms with Gasteiger partial charge in [-0.05, 0) is 18.2 Å².